The number of carbonyl (C=O) groups is 2. The van der Waals surface area contributed by atoms with E-state index < -0.39 is 0 Å². The number of aryl methyl sites for hydroxylation is 1. The van der Waals surface area contributed by atoms with Crippen LogP contribution in [0.25, 0.3) is 0 Å². The highest BCUT2D eigenvalue weighted by molar-refractivity contribution is 5.75. The first-order valence-corrected chi connectivity index (χ1v) is 11.4. The van der Waals surface area contributed by atoms with Gasteiger partial charge in [0.15, 0.2) is 0 Å². The van der Waals surface area contributed by atoms with Crippen molar-refractivity contribution in [3.63, 3.8) is 0 Å². The molecule has 1 atom stereocenters. The van der Waals surface area contributed by atoms with Crippen LogP contribution in [0.1, 0.15) is 74.5 Å². The zero-order valence-corrected chi connectivity index (χ0v) is 18.6. The zero-order chi connectivity index (χ0) is 21.5. The van der Waals surface area contributed by atoms with Crippen LogP contribution in [-0.4, -0.2) is 47.7 Å². The molecule has 3 rings (SSSR count). The Morgan fingerprint density at radius 2 is 2.07 bits per heavy atom. The van der Waals surface area contributed by atoms with Gasteiger partial charge in [-0.2, -0.15) is 0 Å². The van der Waals surface area contributed by atoms with Crippen LogP contribution in [-0.2, 0) is 46.7 Å². The molecular formula is C23H35N3O4. The van der Waals surface area contributed by atoms with E-state index in [1.165, 1.54) is 22.4 Å². The van der Waals surface area contributed by atoms with Crippen LogP contribution in [0.2, 0.25) is 0 Å². The quantitative estimate of drug-likeness (QED) is 0.519. The van der Waals surface area contributed by atoms with Crippen LogP contribution >= 0.6 is 0 Å². The third-order valence-electron chi connectivity index (χ3n) is 5.86. The van der Waals surface area contributed by atoms with Gasteiger partial charge >= 0.3 is 12.0 Å². The van der Waals surface area contributed by atoms with Crippen molar-refractivity contribution in [1.29, 1.82) is 0 Å². The molecule has 0 saturated heterocycles. The number of esters is 1. The average Bonchev–Trinajstić information content (AvgIpc) is 2.74. The molecule has 0 radical (unpaired) electrons. The van der Waals surface area contributed by atoms with Gasteiger partial charge in [0.25, 0.3) is 0 Å². The molecule has 30 heavy (non-hydrogen) atoms. The van der Waals surface area contributed by atoms with E-state index in [0.29, 0.717) is 45.7 Å². The van der Waals surface area contributed by atoms with Crippen LogP contribution in [0.5, 0.6) is 0 Å². The molecule has 0 spiro atoms. The number of urea groups is 1. The topological polar surface area (TPSA) is 80.8 Å². The van der Waals surface area contributed by atoms with Crippen molar-refractivity contribution >= 4 is 12.0 Å². The Labute approximate surface area is 179 Å². The molecule has 1 aromatic rings. The summed E-state index contributed by atoms with van der Waals surface area (Å²) >= 11 is 0. The number of hydrogen-bond acceptors (Lipinski definition) is 5. The van der Waals surface area contributed by atoms with E-state index in [9.17, 15) is 9.59 Å². The Balaban J connectivity index is 1.65. The number of rotatable bonds is 8. The number of ether oxygens (including phenoxy) is 2. The molecule has 2 aliphatic rings. The fourth-order valence-corrected chi connectivity index (χ4v) is 4.22. The van der Waals surface area contributed by atoms with Crippen molar-refractivity contribution in [1.82, 2.24) is 15.2 Å². The number of nitrogens with zero attached hydrogens (tertiary/aromatic N) is 2. The molecule has 3 heterocycles. The third kappa shape index (κ3) is 5.50. The molecule has 1 N–H and O–H groups in total. The van der Waals surface area contributed by atoms with Gasteiger partial charge in [0, 0.05) is 50.3 Å². The van der Waals surface area contributed by atoms with Gasteiger partial charge in [-0.15, -0.1) is 0 Å². The van der Waals surface area contributed by atoms with Gasteiger partial charge in [0.05, 0.1) is 19.3 Å². The van der Waals surface area contributed by atoms with E-state index in [2.05, 4.69) is 19.2 Å². The molecule has 0 unspecified atom stereocenters. The van der Waals surface area contributed by atoms with Crippen molar-refractivity contribution in [2.75, 3.05) is 19.7 Å². The number of fused-ring (bicyclic) bond motifs is 3. The largest absolute Gasteiger partial charge is 0.466 e. The smallest absolute Gasteiger partial charge is 0.317 e. The predicted molar refractivity (Wildman–Crippen MR) is 114 cm³/mol. The van der Waals surface area contributed by atoms with Gasteiger partial charge < -0.3 is 19.7 Å². The van der Waals surface area contributed by atoms with Crippen molar-refractivity contribution in [3.05, 3.63) is 28.1 Å². The molecule has 0 bridgehead atoms. The van der Waals surface area contributed by atoms with Crippen LogP contribution < -0.4 is 5.32 Å². The lowest BCUT2D eigenvalue weighted by Crippen LogP contribution is -2.44. The molecule has 7 heteroatoms. The number of amides is 2. The van der Waals surface area contributed by atoms with E-state index >= 15 is 0 Å². The maximum atomic E-state index is 12.7. The summed E-state index contributed by atoms with van der Waals surface area (Å²) in [6.07, 6.45) is 6.10. The van der Waals surface area contributed by atoms with Gasteiger partial charge in [-0.25, -0.2) is 4.79 Å². The molecule has 0 saturated carbocycles. The summed E-state index contributed by atoms with van der Waals surface area (Å²) in [5, 5.41) is 2.93. The van der Waals surface area contributed by atoms with Crippen molar-refractivity contribution < 1.29 is 19.1 Å². The molecule has 2 amide bonds. The van der Waals surface area contributed by atoms with Gasteiger partial charge in [-0.05, 0) is 49.8 Å². The fourth-order valence-electron chi connectivity index (χ4n) is 4.22. The summed E-state index contributed by atoms with van der Waals surface area (Å²) in [6, 6.07) is -0.0848. The van der Waals surface area contributed by atoms with Crippen LogP contribution in [0, 0.1) is 0 Å². The first kappa shape index (κ1) is 22.5. The summed E-state index contributed by atoms with van der Waals surface area (Å²) in [4.78, 5) is 31.0. The third-order valence-corrected chi connectivity index (χ3v) is 5.86. The Kier molecular flexibility index (Phi) is 8.08. The monoisotopic (exact) mass is 417 g/mol. The number of unbranched alkanes of at least 4 members (excludes halogenated alkanes) is 1. The summed E-state index contributed by atoms with van der Waals surface area (Å²) in [7, 11) is 0. The molecule has 7 nitrogen and oxygen atoms in total. The summed E-state index contributed by atoms with van der Waals surface area (Å²) in [5.41, 5.74) is 6.13. The van der Waals surface area contributed by atoms with Crippen molar-refractivity contribution in [2.24, 2.45) is 0 Å². The molecule has 2 aliphatic heterocycles. The van der Waals surface area contributed by atoms with Gasteiger partial charge in [-0.3, -0.25) is 9.78 Å². The predicted octanol–water partition coefficient (Wildman–Crippen LogP) is 3.30. The second kappa shape index (κ2) is 10.8. The standard InChI is InChI=1S/C23H35N3O4/c1-4-6-8-20-17-13-16(3)30-15-19(17)18-14-26(12-10-21(18)25-20)23(28)24-11-7-9-22(27)29-5-2/h16H,4-15H2,1-3H3,(H,24,28)/t16-/m0/s1. The Morgan fingerprint density at radius 1 is 1.23 bits per heavy atom. The summed E-state index contributed by atoms with van der Waals surface area (Å²) in [6.45, 7) is 8.80. The highest BCUT2D eigenvalue weighted by Gasteiger charge is 2.29. The normalized spacial score (nSPS) is 17.8. The second-order valence-electron chi connectivity index (χ2n) is 8.18. The Bertz CT molecular complexity index is 765. The van der Waals surface area contributed by atoms with Gasteiger partial charge in [0.2, 0.25) is 0 Å². The SMILES string of the molecule is CCCCc1nc2c(c3c1C[C@H](C)OC3)CN(C(=O)NCCCC(=O)OCC)CC2. The zero-order valence-electron chi connectivity index (χ0n) is 18.6. The average molecular weight is 418 g/mol. The van der Waals surface area contributed by atoms with Gasteiger partial charge in [0.1, 0.15) is 0 Å². The minimum Gasteiger partial charge on any atom is -0.466 e. The molecular weight excluding hydrogens is 382 g/mol. The van der Waals surface area contributed by atoms with E-state index in [4.69, 9.17) is 14.5 Å². The van der Waals surface area contributed by atoms with E-state index in [0.717, 1.165) is 37.8 Å². The maximum Gasteiger partial charge on any atom is 0.317 e. The van der Waals surface area contributed by atoms with Crippen LogP contribution in [0.15, 0.2) is 0 Å². The lowest BCUT2D eigenvalue weighted by molar-refractivity contribution is -0.143. The van der Waals surface area contributed by atoms with Crippen LogP contribution in [0.3, 0.4) is 0 Å². The number of aromatic nitrogens is 1. The maximum absolute atomic E-state index is 12.7. The van der Waals surface area contributed by atoms with Crippen molar-refractivity contribution in [3.8, 4) is 0 Å². The summed E-state index contributed by atoms with van der Waals surface area (Å²) < 4.78 is 10.9. The highest BCUT2D eigenvalue weighted by atomic mass is 16.5. The lowest BCUT2D eigenvalue weighted by atomic mass is 9.89. The molecule has 166 valence electrons. The number of nitrogens with one attached hydrogen (secondary N) is 1. The number of hydrogen-bond donors (Lipinski definition) is 1. The van der Waals surface area contributed by atoms with Crippen LogP contribution in [0.4, 0.5) is 4.79 Å². The highest BCUT2D eigenvalue weighted by Crippen LogP contribution is 2.32. The Morgan fingerprint density at radius 3 is 2.83 bits per heavy atom. The molecule has 1 aromatic heterocycles. The summed E-state index contributed by atoms with van der Waals surface area (Å²) in [5.74, 6) is -0.218. The van der Waals surface area contributed by atoms with E-state index in [-0.39, 0.29) is 18.1 Å². The van der Waals surface area contributed by atoms with E-state index in [1.54, 1.807) is 6.92 Å². The molecule has 0 aromatic carbocycles. The first-order valence-electron chi connectivity index (χ1n) is 11.4. The minimum atomic E-state index is -0.218. The number of carbonyl (C=O) groups excluding carboxylic acids is 2. The lowest BCUT2D eigenvalue weighted by Gasteiger charge is -2.34. The van der Waals surface area contributed by atoms with Crippen molar-refractivity contribution in [2.45, 2.75) is 85.0 Å². The molecule has 0 aliphatic carbocycles. The Hall–Kier alpha value is -2.15. The fraction of sp³-hybridized carbons (Fsp3) is 0.696. The minimum absolute atomic E-state index is 0.0848. The first-order chi connectivity index (χ1) is 14.5. The number of pyridine rings is 1. The van der Waals surface area contributed by atoms with E-state index in [1.807, 2.05) is 4.90 Å². The van der Waals surface area contributed by atoms with Gasteiger partial charge in [-0.1, -0.05) is 13.3 Å². The second-order valence-corrected chi connectivity index (χ2v) is 8.18. The molecule has 0 fully saturated rings.